The monoisotopic (exact) mass is 1280 g/mol. The number of anilines is 1. The van der Waals surface area contributed by atoms with Crippen LogP contribution in [-0.4, -0.2) is 195 Å². The fourth-order valence-electron chi connectivity index (χ4n) is 11.6. The van der Waals surface area contributed by atoms with Crippen molar-refractivity contribution in [2.45, 2.75) is 194 Å². The summed E-state index contributed by atoms with van der Waals surface area (Å²) in [6, 6.07) is 7.52. The summed E-state index contributed by atoms with van der Waals surface area (Å²) in [5.74, 6) is -6.78. The van der Waals surface area contributed by atoms with E-state index in [2.05, 4.69) is 37.2 Å². The van der Waals surface area contributed by atoms with E-state index in [-0.39, 0.29) is 62.5 Å². The van der Waals surface area contributed by atoms with E-state index < -0.39 is 126 Å². The maximum atomic E-state index is 14.8. The van der Waals surface area contributed by atoms with Crippen molar-refractivity contribution in [3.05, 3.63) is 65.7 Å². The first kappa shape index (κ1) is 77.8. The van der Waals surface area contributed by atoms with Crippen LogP contribution in [0, 0.1) is 29.6 Å². The molecule has 12 N–H and O–H groups in total. The number of likely N-dealkylation sites (tertiary alicyclic amines) is 1. The summed E-state index contributed by atoms with van der Waals surface area (Å²) >= 11 is 0. The molecule has 1 saturated heterocycles. The number of primary amides is 1. The molecular formula is C65H106N12O14. The Morgan fingerprint density at radius 1 is 0.692 bits per heavy atom. The van der Waals surface area contributed by atoms with Gasteiger partial charge in [-0.05, 0) is 99.0 Å². The third kappa shape index (κ3) is 24.0. The summed E-state index contributed by atoms with van der Waals surface area (Å²) in [6.07, 6.45) is 1.65. The Kier molecular flexibility index (Phi) is 33.4. The van der Waals surface area contributed by atoms with Crippen LogP contribution in [0.25, 0.3) is 0 Å². The van der Waals surface area contributed by atoms with Crippen LogP contribution in [0.15, 0.2) is 54.6 Å². The van der Waals surface area contributed by atoms with Gasteiger partial charge >= 0.3 is 18.1 Å². The molecule has 0 aliphatic carbocycles. The first-order valence-electron chi connectivity index (χ1n) is 31.9. The number of urea groups is 1. The number of aliphatic carboxylic acids is 1. The molecule has 0 aromatic heterocycles. The number of likely N-dealkylation sites (N-methyl/N-ethyl adjacent to an activating group) is 3. The Hall–Kier alpha value is -7.42. The highest BCUT2D eigenvalue weighted by Crippen LogP contribution is 2.30. The molecule has 0 saturated carbocycles. The second-order valence-electron chi connectivity index (χ2n) is 24.8. The van der Waals surface area contributed by atoms with Gasteiger partial charge in [-0.2, -0.15) is 0 Å². The lowest BCUT2D eigenvalue weighted by Crippen LogP contribution is -2.60. The maximum Gasteiger partial charge on any atom is 0.410 e. The highest BCUT2D eigenvalue weighted by Gasteiger charge is 2.44. The van der Waals surface area contributed by atoms with Gasteiger partial charge in [0.25, 0.3) is 0 Å². The lowest BCUT2D eigenvalue weighted by atomic mass is 9.89. The molecule has 1 aliphatic rings. The number of unbranched alkanes of at least 4 members (excludes halogenated alkanes) is 1. The molecule has 12 atom stereocenters. The number of amides is 10. The second-order valence-corrected chi connectivity index (χ2v) is 24.8. The zero-order chi connectivity index (χ0) is 68.2. The van der Waals surface area contributed by atoms with Gasteiger partial charge in [0.1, 0.15) is 36.8 Å². The van der Waals surface area contributed by atoms with Gasteiger partial charge in [0.05, 0.1) is 42.7 Å². The van der Waals surface area contributed by atoms with Gasteiger partial charge < -0.3 is 77.8 Å². The van der Waals surface area contributed by atoms with E-state index in [1.165, 1.54) is 31.1 Å². The van der Waals surface area contributed by atoms with E-state index in [1.54, 1.807) is 116 Å². The van der Waals surface area contributed by atoms with Gasteiger partial charge in [0.15, 0.2) is 0 Å². The summed E-state index contributed by atoms with van der Waals surface area (Å²) in [6.45, 7) is 17.0. The number of hydrogen-bond donors (Lipinski definition) is 10. The van der Waals surface area contributed by atoms with Crippen LogP contribution in [0.4, 0.5) is 15.3 Å². The van der Waals surface area contributed by atoms with Gasteiger partial charge in [-0.3, -0.25) is 38.5 Å². The Bertz CT molecular complexity index is 2670. The van der Waals surface area contributed by atoms with Crippen molar-refractivity contribution in [2.24, 2.45) is 41.1 Å². The number of nitrogens with two attached hydrogens (primary N) is 2. The molecule has 91 heavy (non-hydrogen) atoms. The van der Waals surface area contributed by atoms with Gasteiger partial charge in [0, 0.05) is 53.5 Å². The summed E-state index contributed by atoms with van der Waals surface area (Å²) < 4.78 is 17.7. The number of benzene rings is 2. The number of carboxylic acids is 1. The Labute approximate surface area is 537 Å². The molecule has 0 radical (unpaired) electrons. The molecule has 10 amide bonds. The number of carbonyl (C=O) groups is 10. The number of methoxy groups -OCH3 is 2. The van der Waals surface area contributed by atoms with Crippen molar-refractivity contribution in [2.75, 3.05) is 60.3 Å². The predicted molar refractivity (Wildman–Crippen MR) is 346 cm³/mol. The number of nitrogens with zero attached hydrogens (tertiary/aromatic N) is 3. The van der Waals surface area contributed by atoms with Crippen LogP contribution in [0.2, 0.25) is 0 Å². The van der Waals surface area contributed by atoms with E-state index in [0.29, 0.717) is 56.4 Å². The van der Waals surface area contributed by atoms with Crippen molar-refractivity contribution in [1.29, 1.82) is 0 Å². The minimum absolute atomic E-state index is 0.0799. The molecule has 0 bridgehead atoms. The fraction of sp³-hybridized carbons (Fsp3) is 0.662. The van der Waals surface area contributed by atoms with Crippen LogP contribution < -0.4 is 48.7 Å². The highest BCUT2D eigenvalue weighted by molar-refractivity contribution is 5.99. The highest BCUT2D eigenvalue weighted by atomic mass is 16.6. The zero-order valence-electron chi connectivity index (χ0n) is 56.0. The van der Waals surface area contributed by atoms with Gasteiger partial charge in [0.2, 0.25) is 41.4 Å². The van der Waals surface area contributed by atoms with Crippen molar-refractivity contribution in [3.63, 3.8) is 0 Å². The zero-order valence-corrected chi connectivity index (χ0v) is 56.0. The summed E-state index contributed by atoms with van der Waals surface area (Å²) in [5.41, 5.74) is 12.5. The minimum atomic E-state index is -1.19. The van der Waals surface area contributed by atoms with Gasteiger partial charge in [-0.25, -0.2) is 14.4 Å². The fourth-order valence-corrected chi connectivity index (χ4v) is 11.6. The molecule has 2 aromatic rings. The molecule has 2 aromatic carbocycles. The third-order valence-corrected chi connectivity index (χ3v) is 17.0. The van der Waals surface area contributed by atoms with Crippen LogP contribution in [0.5, 0.6) is 0 Å². The summed E-state index contributed by atoms with van der Waals surface area (Å²) in [7, 11) is 7.65. The molecule has 1 fully saturated rings. The largest absolute Gasteiger partial charge is 0.480 e. The van der Waals surface area contributed by atoms with Crippen LogP contribution in [0.3, 0.4) is 0 Å². The molecule has 11 unspecified atom stereocenters. The molecule has 26 heteroatoms. The first-order chi connectivity index (χ1) is 43.1. The minimum Gasteiger partial charge on any atom is -0.480 e. The molecule has 0 spiro atoms. The number of hydrogen-bond acceptors (Lipinski definition) is 15. The predicted octanol–water partition coefficient (Wildman–Crippen LogP) is 3.88. The lowest BCUT2D eigenvalue weighted by molar-refractivity contribution is -0.148. The number of nitrogens with one attached hydrogen (secondary N) is 7. The second kappa shape index (κ2) is 39.1. The summed E-state index contributed by atoms with van der Waals surface area (Å²) in [4.78, 5) is 140. The summed E-state index contributed by atoms with van der Waals surface area (Å²) in [5, 5.41) is 29.5. The van der Waals surface area contributed by atoms with Crippen LogP contribution in [0.1, 0.15) is 131 Å². The topological polar surface area (TPSA) is 365 Å². The number of ether oxygens (including phenoxy) is 3. The van der Waals surface area contributed by atoms with Crippen LogP contribution in [-0.2, 0) is 65.6 Å². The quantitative estimate of drug-likeness (QED) is 0.0425. The maximum absolute atomic E-state index is 14.8. The van der Waals surface area contributed by atoms with Crippen molar-refractivity contribution >= 4 is 65.1 Å². The molecular weight excluding hydrogens is 1170 g/mol. The number of carboxylic acid groups (broad SMARTS) is 1. The third-order valence-electron chi connectivity index (χ3n) is 17.0. The first-order valence-corrected chi connectivity index (χ1v) is 31.9. The standard InChI is InChI=1S/C65H106N12O14/c1-15-41(8)55(50(89-13)36-51(78)77-34-22-27-49(77)56(90-14)42(9)57(79)72-48(63(85)86)35-43-23-17-16-18-24-43)75(11)62(84)53(39(4)5)74-61(83)54(40(6)7)76(12)65(88)91-37-44-28-30-45(31-29-44)70-59(81)47(26-21-33-69-64(67)87)71-60(82)52(38(2)3)73-58(80)46(68-10)25-19-20-32-66/h16-18,23-24,28-31,38-42,46-50,52-56,68H,15,19-22,25-27,32-37,66H2,1-14H3,(H,70,81)(H,71,82)(H,72,79)(H,73,80)(H,74,83)(H,85,86)(H3,67,69,87)/t41?,42?,46?,47?,48?,49?,50?,52?,53-,54?,55?,56?/m0/s1. The Morgan fingerprint density at radius 3 is 1.86 bits per heavy atom. The van der Waals surface area contributed by atoms with Gasteiger partial charge in [-0.15, -0.1) is 0 Å². The normalized spacial score (nSPS) is 16.8. The smallest absolute Gasteiger partial charge is 0.410 e. The SMILES string of the molecule is CCC(C)C(C(CC(=O)N1CCCC1C(OC)C(C)C(=O)NC(Cc1ccccc1)C(=O)O)OC)N(C)C(=O)[C@@H](NC(=O)C(C(C)C)N(C)C(=O)OCc1ccc(NC(=O)C(CCCNC(N)=O)NC(=O)C(NC(=O)C(CCCCN)NC)C(C)C)cc1)C(C)C. The van der Waals surface area contributed by atoms with Crippen molar-refractivity contribution in [1.82, 2.24) is 46.6 Å². The van der Waals surface area contributed by atoms with E-state index in [9.17, 15) is 53.1 Å². The van der Waals surface area contributed by atoms with Crippen LogP contribution >= 0.6 is 0 Å². The van der Waals surface area contributed by atoms with E-state index in [1.807, 2.05) is 19.9 Å². The molecule has 26 nitrogen and oxygen atoms in total. The van der Waals surface area contributed by atoms with E-state index >= 15 is 0 Å². The average molecular weight is 1280 g/mol. The number of carbonyl (C=O) groups excluding carboxylic acids is 9. The molecule has 1 aliphatic heterocycles. The van der Waals surface area contributed by atoms with Crippen molar-refractivity contribution < 1.29 is 67.3 Å². The van der Waals surface area contributed by atoms with Crippen molar-refractivity contribution in [3.8, 4) is 0 Å². The number of rotatable bonds is 39. The average Bonchev–Trinajstić information content (AvgIpc) is 2.27. The lowest BCUT2D eigenvalue weighted by Gasteiger charge is -2.41. The molecule has 510 valence electrons. The molecule has 3 rings (SSSR count). The Balaban J connectivity index is 1.72. The van der Waals surface area contributed by atoms with E-state index in [0.717, 1.165) is 12.0 Å². The van der Waals surface area contributed by atoms with E-state index in [4.69, 9.17) is 25.7 Å². The molecule has 1 heterocycles. The van der Waals surface area contributed by atoms with Gasteiger partial charge in [-0.1, -0.05) is 118 Å². The Morgan fingerprint density at radius 2 is 1.31 bits per heavy atom.